The number of Topliss-reactive ketones (excluding diaryl/α,β-unsaturated/α-hetero) is 1. The van der Waals surface area contributed by atoms with Gasteiger partial charge in [-0.15, -0.1) is 0 Å². The molecule has 2 saturated carbocycles. The molecule has 4 nitrogen and oxygen atoms in total. The molecule has 5 heteroatoms. The van der Waals surface area contributed by atoms with Crippen LogP contribution in [0.5, 0.6) is 0 Å². The number of nitrogens with one attached hydrogen (secondary N) is 1. The molecule has 2 bridgehead atoms. The number of aromatic nitrogens is 1. The van der Waals surface area contributed by atoms with Gasteiger partial charge in [-0.3, -0.25) is 9.59 Å². The number of hydrogen-bond acceptors (Lipinski definition) is 3. The van der Waals surface area contributed by atoms with Crippen molar-refractivity contribution < 1.29 is 9.59 Å². The summed E-state index contributed by atoms with van der Waals surface area (Å²) in [7, 11) is 0. The molecule has 2 unspecified atom stereocenters. The molecular weight excluding hydrogens is 276 g/mol. The van der Waals surface area contributed by atoms with Gasteiger partial charge in [0.15, 0.2) is 0 Å². The molecule has 1 amide bonds. The molecule has 1 aromatic rings. The van der Waals surface area contributed by atoms with Crippen LogP contribution >= 0.6 is 11.6 Å². The Morgan fingerprint density at radius 1 is 1.45 bits per heavy atom. The minimum atomic E-state index is -0.890. The van der Waals surface area contributed by atoms with Crippen LogP contribution in [-0.2, 0) is 9.59 Å². The summed E-state index contributed by atoms with van der Waals surface area (Å²) in [6.45, 7) is 4.06. The fraction of sp³-hybridized carbons (Fsp3) is 0.533. The summed E-state index contributed by atoms with van der Waals surface area (Å²) < 4.78 is 0. The first kappa shape index (κ1) is 13.6. The summed E-state index contributed by atoms with van der Waals surface area (Å²) in [4.78, 5) is 29.1. The first-order valence-corrected chi connectivity index (χ1v) is 7.22. The molecular formula is C15H17ClN2O2. The highest BCUT2D eigenvalue weighted by Crippen LogP contribution is 2.64. The summed E-state index contributed by atoms with van der Waals surface area (Å²) in [5.41, 5.74) is -1.17. The zero-order valence-electron chi connectivity index (χ0n) is 11.6. The van der Waals surface area contributed by atoms with Crippen molar-refractivity contribution in [2.75, 3.05) is 5.32 Å². The van der Waals surface area contributed by atoms with Gasteiger partial charge in [-0.1, -0.05) is 25.4 Å². The van der Waals surface area contributed by atoms with Crippen LogP contribution in [0.1, 0.15) is 33.1 Å². The Balaban J connectivity index is 1.90. The van der Waals surface area contributed by atoms with Gasteiger partial charge in [-0.05, 0) is 36.3 Å². The Morgan fingerprint density at radius 2 is 2.20 bits per heavy atom. The van der Waals surface area contributed by atoms with Crippen molar-refractivity contribution >= 4 is 29.1 Å². The normalized spacial score (nSPS) is 30.6. The van der Waals surface area contributed by atoms with Crippen molar-refractivity contribution in [3.8, 4) is 0 Å². The smallest absolute Gasteiger partial charge is 0.239 e. The summed E-state index contributed by atoms with van der Waals surface area (Å²) in [5.74, 6) is 0.610. The third kappa shape index (κ3) is 1.64. The van der Waals surface area contributed by atoms with Gasteiger partial charge in [0.05, 0.1) is 5.02 Å². The number of ketones is 1. The number of carbonyl (C=O) groups excluding carboxylic acids is 2. The van der Waals surface area contributed by atoms with E-state index in [0.717, 1.165) is 6.42 Å². The predicted molar refractivity (Wildman–Crippen MR) is 76.4 cm³/mol. The van der Waals surface area contributed by atoms with Gasteiger partial charge in [-0.2, -0.15) is 0 Å². The Morgan fingerprint density at radius 3 is 2.70 bits per heavy atom. The molecule has 20 heavy (non-hydrogen) atoms. The van der Waals surface area contributed by atoms with Crippen LogP contribution in [0.4, 0.5) is 5.82 Å². The van der Waals surface area contributed by atoms with Gasteiger partial charge < -0.3 is 5.32 Å². The van der Waals surface area contributed by atoms with Crippen LogP contribution in [0, 0.1) is 16.7 Å². The molecule has 0 spiro atoms. The number of fused-ring (bicyclic) bond motifs is 2. The van der Waals surface area contributed by atoms with E-state index in [1.165, 1.54) is 6.20 Å². The van der Waals surface area contributed by atoms with E-state index >= 15 is 0 Å². The second kappa shape index (κ2) is 4.29. The fourth-order valence-electron chi connectivity index (χ4n) is 3.88. The highest BCUT2D eigenvalue weighted by Gasteiger charge is 2.68. The number of pyridine rings is 1. The Hall–Kier alpha value is -1.42. The van der Waals surface area contributed by atoms with Crippen LogP contribution in [0.2, 0.25) is 5.02 Å². The first-order valence-electron chi connectivity index (χ1n) is 6.84. The van der Waals surface area contributed by atoms with Crippen LogP contribution in [0.25, 0.3) is 0 Å². The van der Waals surface area contributed by atoms with Crippen molar-refractivity contribution in [3.05, 3.63) is 23.4 Å². The van der Waals surface area contributed by atoms with E-state index in [1.54, 1.807) is 12.1 Å². The van der Waals surface area contributed by atoms with Crippen molar-refractivity contribution in [1.29, 1.82) is 0 Å². The second-order valence-corrected chi connectivity index (χ2v) is 6.74. The lowest BCUT2D eigenvalue weighted by atomic mass is 9.68. The predicted octanol–water partition coefficient (Wildman–Crippen LogP) is 3.07. The summed E-state index contributed by atoms with van der Waals surface area (Å²) in [5, 5.41) is 3.30. The third-order valence-electron chi connectivity index (χ3n) is 5.25. The quantitative estimate of drug-likeness (QED) is 0.852. The van der Waals surface area contributed by atoms with Crippen molar-refractivity contribution in [1.82, 2.24) is 4.98 Å². The SMILES string of the molecule is CC1(C)C2CCC1(C(=O)Nc1ccc(Cl)cn1)C(=O)C2. The van der Waals surface area contributed by atoms with E-state index < -0.39 is 5.41 Å². The largest absolute Gasteiger partial charge is 0.310 e. The molecule has 1 heterocycles. The van der Waals surface area contributed by atoms with Crippen molar-refractivity contribution in [2.24, 2.45) is 16.7 Å². The molecule has 0 aromatic carbocycles. The molecule has 0 radical (unpaired) electrons. The average Bonchev–Trinajstić information content (AvgIpc) is 2.76. The first-order chi connectivity index (χ1) is 9.38. The van der Waals surface area contributed by atoms with Crippen LogP contribution in [0.15, 0.2) is 18.3 Å². The van der Waals surface area contributed by atoms with Crippen LogP contribution in [-0.4, -0.2) is 16.7 Å². The Labute approximate surface area is 122 Å². The van der Waals surface area contributed by atoms with E-state index in [0.29, 0.717) is 29.6 Å². The Kier molecular flexibility index (Phi) is 2.91. The number of amides is 1. The number of nitrogens with zero attached hydrogens (tertiary/aromatic N) is 1. The lowest BCUT2D eigenvalue weighted by Crippen LogP contribution is -2.46. The summed E-state index contributed by atoms with van der Waals surface area (Å²) in [6, 6.07) is 3.32. The molecule has 1 N–H and O–H groups in total. The van der Waals surface area contributed by atoms with E-state index in [2.05, 4.69) is 10.3 Å². The minimum absolute atomic E-state index is 0.0743. The van der Waals surface area contributed by atoms with Gasteiger partial charge in [0, 0.05) is 12.6 Å². The van der Waals surface area contributed by atoms with Gasteiger partial charge in [0.25, 0.3) is 0 Å². The molecule has 106 valence electrons. The van der Waals surface area contributed by atoms with E-state index in [4.69, 9.17) is 11.6 Å². The number of halogens is 1. The molecule has 0 saturated heterocycles. The van der Waals surface area contributed by atoms with E-state index in [1.807, 2.05) is 13.8 Å². The lowest BCUT2D eigenvalue weighted by Gasteiger charge is -2.34. The average molecular weight is 293 g/mol. The zero-order chi connectivity index (χ0) is 14.5. The molecule has 2 aliphatic rings. The maximum absolute atomic E-state index is 12.7. The van der Waals surface area contributed by atoms with Gasteiger partial charge in [-0.25, -0.2) is 4.98 Å². The zero-order valence-corrected chi connectivity index (χ0v) is 12.3. The molecule has 2 fully saturated rings. The minimum Gasteiger partial charge on any atom is -0.310 e. The van der Waals surface area contributed by atoms with Crippen LogP contribution < -0.4 is 5.32 Å². The molecule has 2 aliphatic carbocycles. The molecule has 1 aromatic heterocycles. The number of carbonyl (C=O) groups is 2. The third-order valence-corrected chi connectivity index (χ3v) is 5.48. The highest BCUT2D eigenvalue weighted by atomic mass is 35.5. The van der Waals surface area contributed by atoms with Crippen molar-refractivity contribution in [2.45, 2.75) is 33.1 Å². The van der Waals surface area contributed by atoms with Crippen molar-refractivity contribution in [3.63, 3.8) is 0 Å². The topological polar surface area (TPSA) is 59.1 Å². The number of rotatable bonds is 2. The standard InChI is InChI=1S/C15H17ClN2O2/c1-14(2)9-5-6-15(14,11(19)7-9)13(20)18-12-4-3-10(16)8-17-12/h3-4,8-9H,5-7H2,1-2H3,(H,17,18,20). The summed E-state index contributed by atoms with van der Waals surface area (Å²) >= 11 is 5.78. The number of hydrogen-bond donors (Lipinski definition) is 1. The molecule has 2 atom stereocenters. The maximum Gasteiger partial charge on any atom is 0.239 e. The lowest BCUT2D eigenvalue weighted by molar-refractivity contribution is -0.141. The van der Waals surface area contributed by atoms with Gasteiger partial charge >= 0.3 is 0 Å². The van der Waals surface area contributed by atoms with Crippen LogP contribution in [0.3, 0.4) is 0 Å². The number of anilines is 1. The van der Waals surface area contributed by atoms with E-state index in [-0.39, 0.29) is 17.1 Å². The maximum atomic E-state index is 12.7. The monoisotopic (exact) mass is 292 g/mol. The second-order valence-electron chi connectivity index (χ2n) is 6.31. The van der Waals surface area contributed by atoms with Gasteiger partial charge in [0.1, 0.15) is 17.0 Å². The highest BCUT2D eigenvalue weighted by molar-refractivity contribution is 6.30. The van der Waals surface area contributed by atoms with E-state index in [9.17, 15) is 9.59 Å². The summed E-state index contributed by atoms with van der Waals surface area (Å²) in [6.07, 6.45) is 3.59. The van der Waals surface area contributed by atoms with Gasteiger partial charge in [0.2, 0.25) is 5.91 Å². The molecule has 3 rings (SSSR count). The fourth-order valence-corrected chi connectivity index (χ4v) is 3.99. The molecule has 0 aliphatic heterocycles. The Bertz CT molecular complexity index is 582.